The number of aromatic carboxylic acids is 1. The summed E-state index contributed by atoms with van der Waals surface area (Å²) in [5, 5.41) is 10.8. The Hall–Kier alpha value is -2.21. The van der Waals surface area contributed by atoms with Gasteiger partial charge in [-0.25, -0.2) is 9.78 Å². The van der Waals surface area contributed by atoms with Crippen molar-refractivity contribution in [2.24, 2.45) is 0 Å². The van der Waals surface area contributed by atoms with Crippen molar-refractivity contribution in [3.63, 3.8) is 0 Å². The minimum absolute atomic E-state index is 0.0226. The summed E-state index contributed by atoms with van der Waals surface area (Å²) in [6, 6.07) is 4.78. The van der Waals surface area contributed by atoms with Crippen LogP contribution >= 0.6 is 11.3 Å². The molecule has 0 atom stereocenters. The molecule has 1 aliphatic heterocycles. The van der Waals surface area contributed by atoms with Gasteiger partial charge >= 0.3 is 5.97 Å². The van der Waals surface area contributed by atoms with Gasteiger partial charge in [-0.1, -0.05) is 0 Å². The van der Waals surface area contributed by atoms with Gasteiger partial charge in [-0.2, -0.15) is 0 Å². The van der Waals surface area contributed by atoms with Crippen LogP contribution in [0.4, 0.5) is 5.69 Å². The van der Waals surface area contributed by atoms with Gasteiger partial charge in [0.05, 0.1) is 29.7 Å². The molecule has 19 heavy (non-hydrogen) atoms. The quantitative estimate of drug-likeness (QED) is 0.928. The highest BCUT2D eigenvalue weighted by Gasteiger charge is 2.28. The van der Waals surface area contributed by atoms with Gasteiger partial charge in [0.25, 0.3) is 0 Å². The number of carboxylic acids is 1. The maximum absolute atomic E-state index is 12.0. The minimum Gasteiger partial charge on any atom is -0.478 e. The van der Waals surface area contributed by atoms with Crippen LogP contribution in [0, 0.1) is 0 Å². The standard InChI is InChI=1S/C13H10N2O3S/c16-12-4-9-3-8(13(17)18)1-2-11(9)15(12)5-10-6-19-7-14-10/h1-3,6-7H,4-5H2,(H,17,18). The molecule has 2 heterocycles. The lowest BCUT2D eigenvalue weighted by Crippen LogP contribution is -2.26. The van der Waals surface area contributed by atoms with Crippen LogP contribution in [0.3, 0.4) is 0 Å². The lowest BCUT2D eigenvalue weighted by atomic mass is 10.1. The largest absolute Gasteiger partial charge is 0.478 e. The molecule has 0 saturated heterocycles. The number of carbonyl (C=O) groups is 2. The number of carboxylic acid groups (broad SMARTS) is 1. The molecule has 1 N–H and O–H groups in total. The molecule has 0 radical (unpaired) electrons. The second-order valence-corrected chi connectivity index (χ2v) is 5.00. The summed E-state index contributed by atoms with van der Waals surface area (Å²) in [5.41, 5.74) is 4.32. The Morgan fingerprint density at radius 3 is 3.00 bits per heavy atom. The summed E-state index contributed by atoms with van der Waals surface area (Å²) in [4.78, 5) is 28.7. The van der Waals surface area contributed by atoms with Crippen LogP contribution in [0.2, 0.25) is 0 Å². The van der Waals surface area contributed by atoms with Crippen molar-refractivity contribution in [1.82, 2.24) is 4.98 Å². The number of thiazole rings is 1. The third-order valence-corrected chi connectivity index (χ3v) is 3.70. The number of rotatable bonds is 3. The number of fused-ring (bicyclic) bond motifs is 1. The van der Waals surface area contributed by atoms with Gasteiger partial charge in [-0.15, -0.1) is 11.3 Å². The van der Waals surface area contributed by atoms with E-state index in [-0.39, 0.29) is 17.9 Å². The Kier molecular flexibility index (Phi) is 2.79. The normalized spacial score (nSPS) is 13.7. The van der Waals surface area contributed by atoms with Crippen molar-refractivity contribution in [2.75, 3.05) is 4.90 Å². The maximum atomic E-state index is 12.0. The van der Waals surface area contributed by atoms with Crippen LogP contribution in [-0.4, -0.2) is 22.0 Å². The third kappa shape index (κ3) is 2.10. The Labute approximate surface area is 113 Å². The van der Waals surface area contributed by atoms with E-state index in [1.807, 2.05) is 5.38 Å². The first-order chi connectivity index (χ1) is 9.15. The Morgan fingerprint density at radius 2 is 2.32 bits per heavy atom. The SMILES string of the molecule is O=C(O)c1ccc2c(c1)CC(=O)N2Cc1cscn1. The number of anilines is 1. The summed E-state index contributed by atoms with van der Waals surface area (Å²) < 4.78 is 0. The number of benzene rings is 1. The molecule has 0 bridgehead atoms. The molecule has 0 aliphatic carbocycles. The van der Waals surface area contributed by atoms with E-state index in [4.69, 9.17) is 5.11 Å². The number of carbonyl (C=O) groups excluding carboxylic acids is 1. The number of amides is 1. The van der Waals surface area contributed by atoms with Crippen molar-refractivity contribution in [3.05, 3.63) is 45.9 Å². The van der Waals surface area contributed by atoms with Crippen molar-refractivity contribution >= 4 is 28.9 Å². The highest BCUT2D eigenvalue weighted by molar-refractivity contribution is 7.07. The van der Waals surface area contributed by atoms with Crippen LogP contribution < -0.4 is 4.90 Å². The molecule has 0 saturated carbocycles. The first-order valence-electron chi connectivity index (χ1n) is 5.69. The molecular formula is C13H10N2O3S. The van der Waals surface area contributed by atoms with Gasteiger partial charge < -0.3 is 10.0 Å². The van der Waals surface area contributed by atoms with Crippen LogP contribution in [0.1, 0.15) is 21.6 Å². The molecule has 0 spiro atoms. The summed E-state index contributed by atoms with van der Waals surface area (Å²) >= 11 is 1.49. The van der Waals surface area contributed by atoms with E-state index in [2.05, 4.69) is 4.98 Å². The number of aromatic nitrogens is 1. The third-order valence-electron chi connectivity index (χ3n) is 3.06. The fraction of sp³-hybridized carbons (Fsp3) is 0.154. The zero-order valence-corrected chi connectivity index (χ0v) is 10.7. The number of nitrogens with zero attached hydrogens (tertiary/aromatic N) is 2. The molecule has 96 valence electrons. The van der Waals surface area contributed by atoms with Gasteiger partial charge in [0.1, 0.15) is 0 Å². The monoisotopic (exact) mass is 274 g/mol. The van der Waals surface area contributed by atoms with E-state index >= 15 is 0 Å². The molecule has 6 heteroatoms. The molecule has 3 rings (SSSR count). The summed E-state index contributed by atoms with van der Waals surface area (Å²) in [6.07, 6.45) is 0.251. The fourth-order valence-corrected chi connectivity index (χ4v) is 2.72. The first kappa shape index (κ1) is 11.9. The summed E-state index contributed by atoms with van der Waals surface area (Å²) in [7, 11) is 0. The van der Waals surface area contributed by atoms with Gasteiger partial charge in [0.15, 0.2) is 0 Å². The van der Waals surface area contributed by atoms with Crippen LogP contribution in [0.5, 0.6) is 0 Å². The van der Waals surface area contributed by atoms with Crippen molar-refractivity contribution in [1.29, 1.82) is 0 Å². The Balaban J connectivity index is 1.94. The summed E-state index contributed by atoms with van der Waals surface area (Å²) in [6.45, 7) is 0.432. The summed E-state index contributed by atoms with van der Waals surface area (Å²) in [5.74, 6) is -1.00. The second-order valence-electron chi connectivity index (χ2n) is 4.29. The smallest absolute Gasteiger partial charge is 0.335 e. The van der Waals surface area contributed by atoms with Crippen LogP contribution in [0.15, 0.2) is 29.1 Å². The van der Waals surface area contributed by atoms with E-state index in [1.165, 1.54) is 17.4 Å². The topological polar surface area (TPSA) is 70.5 Å². The molecular weight excluding hydrogens is 264 g/mol. The lowest BCUT2D eigenvalue weighted by molar-refractivity contribution is -0.117. The van der Waals surface area contributed by atoms with Gasteiger partial charge in [-0.3, -0.25) is 4.79 Å². The first-order valence-corrected chi connectivity index (χ1v) is 6.63. The molecule has 0 unspecified atom stereocenters. The molecule has 5 nitrogen and oxygen atoms in total. The number of hydrogen-bond donors (Lipinski definition) is 1. The molecule has 1 amide bonds. The second kappa shape index (κ2) is 4.47. The van der Waals surface area contributed by atoms with E-state index in [9.17, 15) is 9.59 Å². The minimum atomic E-state index is -0.979. The van der Waals surface area contributed by atoms with Crippen LogP contribution in [0.25, 0.3) is 0 Å². The maximum Gasteiger partial charge on any atom is 0.335 e. The zero-order valence-electron chi connectivity index (χ0n) is 9.87. The van der Waals surface area contributed by atoms with Gasteiger partial charge in [0, 0.05) is 11.1 Å². The molecule has 1 aliphatic rings. The fourth-order valence-electron chi connectivity index (χ4n) is 2.17. The molecule has 1 aromatic carbocycles. The van der Waals surface area contributed by atoms with Crippen molar-refractivity contribution in [2.45, 2.75) is 13.0 Å². The Morgan fingerprint density at radius 1 is 1.47 bits per heavy atom. The van der Waals surface area contributed by atoms with E-state index < -0.39 is 5.97 Å². The highest BCUT2D eigenvalue weighted by atomic mass is 32.1. The molecule has 0 fully saturated rings. The number of hydrogen-bond acceptors (Lipinski definition) is 4. The van der Waals surface area contributed by atoms with E-state index in [0.717, 1.165) is 16.9 Å². The van der Waals surface area contributed by atoms with Gasteiger partial charge in [0.2, 0.25) is 5.91 Å². The molecule has 1 aromatic heterocycles. The van der Waals surface area contributed by atoms with E-state index in [0.29, 0.717) is 6.54 Å². The predicted octanol–water partition coefficient (Wildman–Crippen LogP) is 1.93. The predicted molar refractivity (Wildman–Crippen MR) is 70.4 cm³/mol. The van der Waals surface area contributed by atoms with Gasteiger partial charge in [-0.05, 0) is 23.8 Å². The van der Waals surface area contributed by atoms with Crippen molar-refractivity contribution < 1.29 is 14.7 Å². The van der Waals surface area contributed by atoms with Crippen molar-refractivity contribution in [3.8, 4) is 0 Å². The highest BCUT2D eigenvalue weighted by Crippen LogP contribution is 2.31. The molecule has 2 aromatic rings. The van der Waals surface area contributed by atoms with Crippen LogP contribution in [-0.2, 0) is 17.8 Å². The Bertz CT molecular complexity index is 652. The average molecular weight is 274 g/mol. The zero-order chi connectivity index (χ0) is 13.4. The average Bonchev–Trinajstić information content (AvgIpc) is 2.98. The lowest BCUT2D eigenvalue weighted by Gasteiger charge is -2.16. The van der Waals surface area contributed by atoms with E-state index in [1.54, 1.807) is 22.5 Å².